The summed E-state index contributed by atoms with van der Waals surface area (Å²) < 4.78 is 11.4. The van der Waals surface area contributed by atoms with Gasteiger partial charge in [0.05, 0.1) is 18.6 Å². The monoisotopic (exact) mass is 632 g/mol. The third-order valence-electron chi connectivity index (χ3n) is 14.3. The molecule has 12 atom stereocenters. The Kier molecular flexibility index (Phi) is 9.58. The van der Waals surface area contributed by atoms with Crippen molar-refractivity contribution in [2.75, 3.05) is 6.61 Å². The summed E-state index contributed by atoms with van der Waals surface area (Å²) in [5.41, 5.74) is 4.05. The van der Waals surface area contributed by atoms with Crippen LogP contribution in [0.4, 0.5) is 0 Å². The van der Waals surface area contributed by atoms with Crippen LogP contribution in [0.3, 0.4) is 0 Å². The number of ether oxygens (including phenoxy) is 2. The molecule has 5 N–H and O–H groups in total. The lowest BCUT2D eigenvalue weighted by molar-refractivity contribution is -0.294. The quantitative estimate of drug-likeness (QED) is 0.185. The zero-order chi connectivity index (χ0) is 33.3. The van der Waals surface area contributed by atoms with Gasteiger partial charge in [0.2, 0.25) is 6.29 Å². The third kappa shape index (κ3) is 5.47. The van der Waals surface area contributed by atoms with Crippen LogP contribution >= 0.6 is 0 Å². The van der Waals surface area contributed by atoms with E-state index in [2.05, 4.69) is 55.0 Å². The molecule has 1 saturated heterocycles. The molecule has 4 aliphatic carbocycles. The minimum absolute atomic E-state index is 0.0454. The number of hydrogen-bond donors (Lipinski definition) is 5. The maximum absolute atomic E-state index is 14.2. The molecule has 8 heteroatoms. The van der Waals surface area contributed by atoms with E-state index in [0.717, 1.165) is 56.9 Å². The molecule has 45 heavy (non-hydrogen) atoms. The third-order valence-corrected chi connectivity index (χ3v) is 14.3. The summed E-state index contributed by atoms with van der Waals surface area (Å²) in [5, 5.41) is 51.9. The Morgan fingerprint density at radius 2 is 1.62 bits per heavy atom. The van der Waals surface area contributed by atoms with Crippen LogP contribution in [0.25, 0.3) is 0 Å². The van der Waals surface area contributed by atoms with Crippen LogP contribution in [0.5, 0.6) is 0 Å². The van der Waals surface area contributed by atoms with E-state index in [1.54, 1.807) is 11.1 Å². The highest BCUT2D eigenvalue weighted by molar-refractivity contribution is 5.73. The molecule has 5 aliphatic rings. The van der Waals surface area contributed by atoms with Crippen molar-refractivity contribution in [1.82, 2.24) is 0 Å². The molecular formula is C37H60O8. The van der Waals surface area contributed by atoms with Crippen molar-refractivity contribution < 1.29 is 39.8 Å². The molecule has 0 bridgehead atoms. The van der Waals surface area contributed by atoms with Gasteiger partial charge in [0, 0.05) is 0 Å². The van der Waals surface area contributed by atoms with Gasteiger partial charge in [-0.05, 0) is 104 Å². The summed E-state index contributed by atoms with van der Waals surface area (Å²) in [5.74, 6) is -0.152. The van der Waals surface area contributed by atoms with E-state index in [-0.39, 0.29) is 39.6 Å². The van der Waals surface area contributed by atoms with Crippen LogP contribution in [-0.4, -0.2) is 74.9 Å². The zero-order valence-electron chi connectivity index (χ0n) is 28.7. The normalized spacial score (nSPS) is 45.0. The average molecular weight is 633 g/mol. The molecule has 0 amide bonds. The van der Waals surface area contributed by atoms with Crippen LogP contribution in [0, 0.1) is 45.3 Å². The van der Waals surface area contributed by atoms with Crippen molar-refractivity contribution in [2.24, 2.45) is 45.3 Å². The fraction of sp³-hybridized carbons (Fsp3) is 0.865. The fourth-order valence-electron chi connectivity index (χ4n) is 10.8. The van der Waals surface area contributed by atoms with Gasteiger partial charge >= 0.3 is 5.97 Å². The molecule has 0 spiro atoms. The predicted octanol–water partition coefficient (Wildman–Crippen LogP) is 5.05. The van der Waals surface area contributed by atoms with E-state index in [1.807, 2.05) is 0 Å². The minimum atomic E-state index is -1.63. The molecular weight excluding hydrogens is 572 g/mol. The van der Waals surface area contributed by atoms with Gasteiger partial charge in [0.1, 0.15) is 24.4 Å². The van der Waals surface area contributed by atoms with Crippen LogP contribution in [0.15, 0.2) is 23.3 Å². The van der Waals surface area contributed by atoms with Crippen molar-refractivity contribution in [3.05, 3.63) is 23.3 Å². The number of fused-ring (bicyclic) bond motifs is 4. The van der Waals surface area contributed by atoms with Gasteiger partial charge in [-0.15, -0.1) is 0 Å². The molecule has 0 radical (unpaired) electrons. The van der Waals surface area contributed by atoms with Crippen molar-refractivity contribution in [3.63, 3.8) is 0 Å². The number of aliphatic hydroxyl groups excluding tert-OH is 5. The highest BCUT2D eigenvalue weighted by Gasteiger charge is 2.64. The van der Waals surface area contributed by atoms with Gasteiger partial charge in [-0.3, -0.25) is 4.79 Å². The first kappa shape index (κ1) is 35.0. The predicted molar refractivity (Wildman–Crippen MR) is 172 cm³/mol. The van der Waals surface area contributed by atoms with Gasteiger partial charge in [0.15, 0.2) is 0 Å². The van der Waals surface area contributed by atoms with E-state index in [4.69, 9.17) is 9.47 Å². The van der Waals surface area contributed by atoms with E-state index in [1.165, 1.54) is 0 Å². The summed E-state index contributed by atoms with van der Waals surface area (Å²) in [6.45, 7) is 19.7. The number of hydrogen-bond acceptors (Lipinski definition) is 8. The Bertz CT molecular complexity index is 1170. The molecule has 2 saturated carbocycles. The minimum Gasteiger partial charge on any atom is -0.432 e. The van der Waals surface area contributed by atoms with E-state index in [0.29, 0.717) is 18.8 Å². The maximum Gasteiger partial charge on any atom is 0.311 e. The molecule has 5 rings (SSSR count). The van der Waals surface area contributed by atoms with Gasteiger partial charge < -0.3 is 35.0 Å². The van der Waals surface area contributed by atoms with Gasteiger partial charge in [-0.2, -0.15) is 0 Å². The zero-order valence-corrected chi connectivity index (χ0v) is 28.7. The van der Waals surface area contributed by atoms with Crippen molar-refractivity contribution in [3.8, 4) is 0 Å². The fourth-order valence-corrected chi connectivity index (χ4v) is 10.8. The first-order valence-corrected chi connectivity index (χ1v) is 17.5. The Labute approximate surface area is 270 Å². The van der Waals surface area contributed by atoms with Crippen LogP contribution in [0.1, 0.15) is 113 Å². The number of carbonyl (C=O) groups is 1. The molecule has 1 heterocycles. The topological polar surface area (TPSA) is 137 Å². The molecule has 1 aliphatic heterocycles. The second-order valence-corrected chi connectivity index (χ2v) is 16.8. The standard InChI is InChI=1S/C37H60O8/c1-20(2)21(3)9-10-22(32(43)45-33-31(42)30(41)29(40)26(19-38)44-33)23-13-17-37(8)25-11-12-27-34(4,5)28(39)15-16-35(27,6)24(25)14-18-36(23,37)7/h20,22-23,26-31,33,38-42H,3,9-19H2,1-2,4-8H3. The second-order valence-electron chi connectivity index (χ2n) is 16.8. The first-order valence-electron chi connectivity index (χ1n) is 17.5. The van der Waals surface area contributed by atoms with Crippen LogP contribution in [0.2, 0.25) is 0 Å². The van der Waals surface area contributed by atoms with Crippen LogP contribution < -0.4 is 0 Å². The summed E-state index contributed by atoms with van der Waals surface area (Å²) in [4.78, 5) is 14.2. The molecule has 256 valence electrons. The lowest BCUT2D eigenvalue weighted by Gasteiger charge is -2.62. The highest BCUT2D eigenvalue weighted by Crippen LogP contribution is 2.72. The number of aliphatic hydroxyl groups is 5. The van der Waals surface area contributed by atoms with Gasteiger partial charge in [-0.25, -0.2) is 0 Å². The summed E-state index contributed by atoms with van der Waals surface area (Å²) in [6.07, 6.45) is 1.44. The lowest BCUT2D eigenvalue weighted by atomic mass is 9.43. The summed E-state index contributed by atoms with van der Waals surface area (Å²) in [6, 6.07) is 0. The number of rotatable bonds is 8. The molecule has 12 unspecified atom stereocenters. The van der Waals surface area contributed by atoms with E-state index >= 15 is 0 Å². The molecule has 0 aromatic heterocycles. The summed E-state index contributed by atoms with van der Waals surface area (Å²) in [7, 11) is 0. The maximum atomic E-state index is 14.2. The lowest BCUT2D eigenvalue weighted by Crippen LogP contribution is -2.59. The van der Waals surface area contributed by atoms with E-state index in [9.17, 15) is 30.3 Å². The smallest absolute Gasteiger partial charge is 0.311 e. The Hall–Kier alpha value is -1.29. The summed E-state index contributed by atoms with van der Waals surface area (Å²) >= 11 is 0. The van der Waals surface area contributed by atoms with E-state index < -0.39 is 49.2 Å². The average Bonchev–Trinajstić information content (AvgIpc) is 3.26. The SMILES string of the molecule is C=C(CCC(C(=O)OC1OC(CO)C(O)C(O)C1O)C1CCC2(C)C3=C(CCC12C)C1(C)CCC(O)C(C)(C)C1CC3)C(C)C. The Morgan fingerprint density at radius 1 is 0.933 bits per heavy atom. The second kappa shape index (κ2) is 12.3. The molecule has 3 fully saturated rings. The van der Waals surface area contributed by atoms with Crippen molar-refractivity contribution in [2.45, 2.75) is 149 Å². The molecule has 0 aromatic rings. The van der Waals surface area contributed by atoms with Crippen LogP contribution in [-0.2, 0) is 14.3 Å². The van der Waals surface area contributed by atoms with Crippen molar-refractivity contribution in [1.29, 1.82) is 0 Å². The Morgan fingerprint density at radius 3 is 2.27 bits per heavy atom. The molecule has 8 nitrogen and oxygen atoms in total. The Balaban J connectivity index is 1.45. The number of carbonyl (C=O) groups excluding carboxylic acids is 1. The number of esters is 1. The largest absolute Gasteiger partial charge is 0.432 e. The van der Waals surface area contributed by atoms with Gasteiger partial charge in [-0.1, -0.05) is 71.8 Å². The van der Waals surface area contributed by atoms with Gasteiger partial charge in [0.25, 0.3) is 0 Å². The number of allylic oxidation sites excluding steroid dienone is 3. The highest BCUT2D eigenvalue weighted by atomic mass is 16.7. The first-order chi connectivity index (χ1) is 20.9. The van der Waals surface area contributed by atoms with Crippen molar-refractivity contribution >= 4 is 5.97 Å². The molecule has 0 aromatic carbocycles.